The third-order valence-corrected chi connectivity index (χ3v) is 4.75. The molecule has 0 aromatic heterocycles. The maximum Gasteiger partial charge on any atom is 0.306 e. The Morgan fingerprint density at radius 1 is 1.04 bits per heavy atom. The van der Waals surface area contributed by atoms with E-state index in [1.165, 1.54) is 18.7 Å². The molecule has 0 amide bonds. The fourth-order valence-corrected chi connectivity index (χ4v) is 3.64. The zero-order valence-electron chi connectivity index (χ0n) is 13.2. The predicted molar refractivity (Wildman–Crippen MR) is 94.3 cm³/mol. The van der Waals surface area contributed by atoms with Crippen LogP contribution >= 0.6 is 11.8 Å². The molecule has 2 atom stereocenters. The van der Waals surface area contributed by atoms with Crippen LogP contribution in [-0.4, -0.2) is 16.2 Å². The van der Waals surface area contributed by atoms with E-state index in [9.17, 15) is 14.7 Å². The first-order valence-corrected chi connectivity index (χ1v) is 8.41. The topological polar surface area (TPSA) is 54.4 Å². The molecule has 0 saturated carbocycles. The van der Waals surface area contributed by atoms with Gasteiger partial charge in [-0.05, 0) is 23.1 Å². The Balaban J connectivity index is 2.42. The standard InChI is InChI=1S/C19H20O3S/c1-13(19(21)22)12-18(23-14(2)20)17-11-7-6-10-16(17)15-8-4-3-5-9-15/h3-11,13,18H,12H2,1-2H3,(H,21,22). The molecular weight excluding hydrogens is 308 g/mol. The highest BCUT2D eigenvalue weighted by atomic mass is 32.2. The summed E-state index contributed by atoms with van der Waals surface area (Å²) in [5, 5.41) is 9.03. The summed E-state index contributed by atoms with van der Waals surface area (Å²) in [6.45, 7) is 3.20. The van der Waals surface area contributed by atoms with E-state index in [-0.39, 0.29) is 10.4 Å². The van der Waals surface area contributed by atoms with Crippen molar-refractivity contribution < 1.29 is 14.7 Å². The molecule has 0 aliphatic rings. The van der Waals surface area contributed by atoms with Gasteiger partial charge < -0.3 is 5.11 Å². The number of carboxylic acids is 1. The number of carbonyl (C=O) groups is 2. The van der Waals surface area contributed by atoms with Crippen LogP contribution in [0.1, 0.15) is 31.1 Å². The number of carbonyl (C=O) groups excluding carboxylic acids is 1. The summed E-state index contributed by atoms with van der Waals surface area (Å²) < 4.78 is 0. The maximum atomic E-state index is 11.6. The van der Waals surface area contributed by atoms with Crippen molar-refractivity contribution in [2.75, 3.05) is 0 Å². The molecule has 0 fully saturated rings. The predicted octanol–water partition coefficient (Wildman–Crippen LogP) is 4.79. The zero-order chi connectivity index (χ0) is 16.8. The van der Waals surface area contributed by atoms with Crippen LogP contribution in [0.3, 0.4) is 0 Å². The van der Waals surface area contributed by atoms with Gasteiger partial charge in [0.05, 0.1) is 5.92 Å². The van der Waals surface area contributed by atoms with E-state index in [4.69, 9.17) is 0 Å². The Labute approximate surface area is 140 Å². The molecule has 2 aromatic carbocycles. The lowest BCUT2D eigenvalue weighted by molar-refractivity contribution is -0.141. The van der Waals surface area contributed by atoms with Gasteiger partial charge in [-0.25, -0.2) is 0 Å². The third-order valence-electron chi connectivity index (χ3n) is 3.69. The molecule has 2 rings (SSSR count). The molecular formula is C19H20O3S. The van der Waals surface area contributed by atoms with Crippen LogP contribution in [-0.2, 0) is 9.59 Å². The minimum atomic E-state index is -0.837. The number of rotatable bonds is 6. The highest BCUT2D eigenvalue weighted by molar-refractivity contribution is 8.13. The summed E-state index contributed by atoms with van der Waals surface area (Å²) in [6, 6.07) is 17.8. The number of hydrogen-bond acceptors (Lipinski definition) is 3. The summed E-state index contributed by atoms with van der Waals surface area (Å²) in [5.41, 5.74) is 3.12. The number of thioether (sulfide) groups is 1. The molecule has 2 aromatic rings. The van der Waals surface area contributed by atoms with Gasteiger partial charge in [0.2, 0.25) is 0 Å². The van der Waals surface area contributed by atoms with Gasteiger partial charge in [0, 0.05) is 12.2 Å². The Morgan fingerprint density at radius 3 is 2.26 bits per heavy atom. The highest BCUT2D eigenvalue weighted by Gasteiger charge is 2.24. The minimum Gasteiger partial charge on any atom is -0.481 e. The average Bonchev–Trinajstić information content (AvgIpc) is 2.54. The second-order valence-corrected chi connectivity index (χ2v) is 6.91. The monoisotopic (exact) mass is 328 g/mol. The van der Waals surface area contributed by atoms with Crippen LogP contribution in [0, 0.1) is 5.92 Å². The fourth-order valence-electron chi connectivity index (χ4n) is 2.52. The van der Waals surface area contributed by atoms with Crippen LogP contribution < -0.4 is 0 Å². The maximum absolute atomic E-state index is 11.6. The van der Waals surface area contributed by atoms with Crippen LogP contribution in [0.4, 0.5) is 0 Å². The molecule has 0 spiro atoms. The van der Waals surface area contributed by atoms with Crippen molar-refractivity contribution >= 4 is 22.8 Å². The van der Waals surface area contributed by atoms with Crippen molar-refractivity contribution in [2.45, 2.75) is 25.5 Å². The SMILES string of the molecule is CC(=O)SC(CC(C)C(=O)O)c1ccccc1-c1ccccc1. The molecule has 2 unspecified atom stereocenters. The van der Waals surface area contributed by atoms with Crippen molar-refractivity contribution in [1.29, 1.82) is 0 Å². The molecule has 0 heterocycles. The van der Waals surface area contributed by atoms with Crippen molar-refractivity contribution in [3.8, 4) is 11.1 Å². The average molecular weight is 328 g/mol. The summed E-state index contributed by atoms with van der Waals surface area (Å²) in [6.07, 6.45) is 0.420. The van der Waals surface area contributed by atoms with E-state index < -0.39 is 11.9 Å². The van der Waals surface area contributed by atoms with E-state index in [1.54, 1.807) is 6.92 Å². The van der Waals surface area contributed by atoms with Gasteiger partial charge in [-0.3, -0.25) is 9.59 Å². The first-order valence-electron chi connectivity index (χ1n) is 7.53. The van der Waals surface area contributed by atoms with Crippen molar-refractivity contribution in [3.05, 3.63) is 60.2 Å². The van der Waals surface area contributed by atoms with Crippen molar-refractivity contribution in [1.82, 2.24) is 0 Å². The van der Waals surface area contributed by atoms with E-state index >= 15 is 0 Å². The normalized spacial score (nSPS) is 13.3. The van der Waals surface area contributed by atoms with Crippen LogP contribution in [0.5, 0.6) is 0 Å². The smallest absolute Gasteiger partial charge is 0.306 e. The number of benzene rings is 2. The molecule has 4 heteroatoms. The molecule has 0 radical (unpaired) electrons. The van der Waals surface area contributed by atoms with E-state index in [0.29, 0.717) is 6.42 Å². The summed E-state index contributed by atoms with van der Waals surface area (Å²) in [4.78, 5) is 22.9. The quantitative estimate of drug-likeness (QED) is 0.828. The first kappa shape index (κ1) is 17.3. The lowest BCUT2D eigenvalue weighted by Gasteiger charge is -2.21. The molecule has 3 nitrogen and oxygen atoms in total. The molecule has 1 N–H and O–H groups in total. The van der Waals surface area contributed by atoms with Gasteiger partial charge in [0.15, 0.2) is 5.12 Å². The third kappa shape index (κ3) is 4.70. The zero-order valence-corrected chi connectivity index (χ0v) is 14.0. The molecule has 0 saturated heterocycles. The molecule has 23 heavy (non-hydrogen) atoms. The number of hydrogen-bond donors (Lipinski definition) is 1. The van der Waals surface area contributed by atoms with E-state index in [0.717, 1.165) is 16.7 Å². The summed E-state index contributed by atoms with van der Waals surface area (Å²) in [5.74, 6) is -1.34. The molecule has 0 aliphatic heterocycles. The van der Waals surface area contributed by atoms with Gasteiger partial charge in [-0.1, -0.05) is 73.3 Å². The Kier molecular flexibility index (Phi) is 5.99. The van der Waals surface area contributed by atoms with E-state index in [1.807, 2.05) is 54.6 Å². The van der Waals surface area contributed by atoms with Gasteiger partial charge in [-0.15, -0.1) is 0 Å². The van der Waals surface area contributed by atoms with Gasteiger partial charge in [-0.2, -0.15) is 0 Å². The Bertz CT molecular complexity index is 682. The van der Waals surface area contributed by atoms with Crippen molar-refractivity contribution in [2.24, 2.45) is 5.92 Å². The number of carboxylic acid groups (broad SMARTS) is 1. The molecule has 0 bridgehead atoms. The highest BCUT2D eigenvalue weighted by Crippen LogP contribution is 2.40. The fraction of sp³-hybridized carbons (Fsp3) is 0.263. The van der Waals surface area contributed by atoms with Crippen LogP contribution in [0.2, 0.25) is 0 Å². The second kappa shape index (κ2) is 7.97. The first-order chi connectivity index (χ1) is 11.0. The van der Waals surface area contributed by atoms with Gasteiger partial charge in [0.25, 0.3) is 0 Å². The van der Waals surface area contributed by atoms with Gasteiger partial charge >= 0.3 is 5.97 Å². The molecule has 0 aliphatic carbocycles. The minimum absolute atomic E-state index is 0.00421. The lowest BCUT2D eigenvalue weighted by atomic mass is 9.93. The van der Waals surface area contributed by atoms with Crippen molar-refractivity contribution in [3.63, 3.8) is 0 Å². The number of aliphatic carboxylic acids is 1. The largest absolute Gasteiger partial charge is 0.481 e. The molecule has 120 valence electrons. The Hall–Kier alpha value is -2.07. The summed E-state index contributed by atoms with van der Waals surface area (Å²) >= 11 is 1.20. The lowest BCUT2D eigenvalue weighted by Crippen LogP contribution is -2.13. The van der Waals surface area contributed by atoms with Crippen LogP contribution in [0.25, 0.3) is 11.1 Å². The van der Waals surface area contributed by atoms with Gasteiger partial charge in [0.1, 0.15) is 0 Å². The van der Waals surface area contributed by atoms with E-state index in [2.05, 4.69) is 0 Å². The Morgan fingerprint density at radius 2 is 1.65 bits per heavy atom. The van der Waals surface area contributed by atoms with Crippen LogP contribution in [0.15, 0.2) is 54.6 Å². The second-order valence-electron chi connectivity index (χ2n) is 5.53. The summed E-state index contributed by atoms with van der Waals surface area (Å²) in [7, 11) is 0.